The molecule has 0 radical (unpaired) electrons. The number of benzene rings is 3. The van der Waals surface area contributed by atoms with Gasteiger partial charge in [0.2, 0.25) is 0 Å². The van der Waals surface area contributed by atoms with E-state index in [0.717, 1.165) is 29.3 Å². The zero-order valence-corrected chi connectivity index (χ0v) is 34.8. The number of fused-ring (bicyclic) bond motifs is 1. The number of unbranched alkanes of at least 4 members (excludes halogenated alkanes) is 9. The van der Waals surface area contributed by atoms with Crippen LogP contribution < -0.4 is 15.4 Å². The number of ether oxygens (including phenoxy) is 1. The Bertz CT molecular complexity index is 2220. The fourth-order valence-corrected chi connectivity index (χ4v) is 6.86. The maximum absolute atomic E-state index is 13.4. The molecule has 57 heavy (non-hydrogen) atoms. The molecule has 0 spiro atoms. The highest BCUT2D eigenvalue weighted by Crippen LogP contribution is 2.33. The van der Waals surface area contributed by atoms with Crippen LogP contribution >= 0.6 is 11.6 Å². The van der Waals surface area contributed by atoms with Gasteiger partial charge in [-0.05, 0) is 72.6 Å². The molecule has 0 saturated carbocycles. The maximum atomic E-state index is 13.4. The summed E-state index contributed by atoms with van der Waals surface area (Å²) in [5.74, 6) is 2.17. The summed E-state index contributed by atoms with van der Waals surface area (Å²) in [7, 11) is -7.25. The number of sulfone groups is 1. The quantitative estimate of drug-likeness (QED) is 0.0421. The van der Waals surface area contributed by atoms with Crippen LogP contribution in [0.15, 0.2) is 83.5 Å². The van der Waals surface area contributed by atoms with Gasteiger partial charge in [0.05, 0.1) is 29.4 Å². The standard InChI is InChI=1S/C29H26ClFN4O4S.C12H26O4S/c1-40(36,37)12-11-32-16-23-7-10-27(39-23)20-5-8-26-24(14-20)29(34-18-33-26)35-22-6-9-28(25(30)15-22)38-17-19-3-2-4-21(31)13-19;1-2-3-4-5-6-7-8-9-10-11-12-16-17(13,14)15/h2-10,13-15,18,32H,11-12,16-17H2,1H3,(H,33,34,35);2-12H2,1H3,(H,13,14,15). The minimum atomic E-state index is -4.23. The molecule has 3 N–H and O–H groups in total. The predicted molar refractivity (Wildman–Crippen MR) is 223 cm³/mol. The van der Waals surface area contributed by atoms with E-state index < -0.39 is 20.2 Å². The minimum absolute atomic E-state index is 0.0664. The molecule has 0 aliphatic rings. The van der Waals surface area contributed by atoms with Crippen molar-refractivity contribution in [3.63, 3.8) is 0 Å². The van der Waals surface area contributed by atoms with Crippen LogP contribution in [0.4, 0.5) is 15.9 Å². The smallest absolute Gasteiger partial charge is 0.397 e. The van der Waals surface area contributed by atoms with E-state index in [9.17, 15) is 21.2 Å². The van der Waals surface area contributed by atoms with Gasteiger partial charge in [0.25, 0.3) is 0 Å². The highest BCUT2D eigenvalue weighted by Gasteiger charge is 2.12. The van der Waals surface area contributed by atoms with Gasteiger partial charge < -0.3 is 19.8 Å². The average Bonchev–Trinajstić information content (AvgIpc) is 3.64. The fourth-order valence-electron chi connectivity index (χ4n) is 5.78. The van der Waals surface area contributed by atoms with Gasteiger partial charge in [-0.15, -0.1) is 0 Å². The predicted octanol–water partition coefficient (Wildman–Crippen LogP) is 9.87. The molecule has 0 aliphatic carbocycles. The number of nitrogens with zero attached hydrogens (tertiary/aromatic N) is 2. The van der Waals surface area contributed by atoms with E-state index >= 15 is 0 Å². The monoisotopic (exact) mass is 846 g/mol. The molecule has 5 rings (SSSR count). The third kappa shape index (κ3) is 17.5. The molecule has 0 atom stereocenters. The Balaban J connectivity index is 0.000000359. The van der Waals surface area contributed by atoms with Crippen LogP contribution in [0.2, 0.25) is 5.02 Å². The van der Waals surface area contributed by atoms with E-state index in [1.807, 2.05) is 36.4 Å². The topological polar surface area (TPSA) is 170 Å². The van der Waals surface area contributed by atoms with E-state index in [1.54, 1.807) is 24.3 Å². The first kappa shape index (κ1) is 45.6. The SMILES string of the molecule is CCCCCCCCCCCCOS(=O)(=O)O.CS(=O)(=O)CCNCc1ccc(-c2ccc3ncnc(Nc4ccc(OCc5cccc(F)c5)c(Cl)c4)c3c2)o1. The van der Waals surface area contributed by atoms with Gasteiger partial charge in [-0.1, -0.05) is 88.4 Å². The average molecular weight is 847 g/mol. The number of furan rings is 1. The molecule has 0 amide bonds. The second-order valence-electron chi connectivity index (χ2n) is 13.6. The number of nitrogens with one attached hydrogen (secondary N) is 2. The molecular formula is C41H52ClFN4O8S2. The molecule has 0 aliphatic heterocycles. The van der Waals surface area contributed by atoms with Crippen molar-refractivity contribution >= 4 is 54.2 Å². The summed E-state index contributed by atoms with van der Waals surface area (Å²) in [4.78, 5) is 8.80. The molecule has 0 unspecified atom stereocenters. The summed E-state index contributed by atoms with van der Waals surface area (Å²) >= 11 is 6.47. The number of anilines is 2. The Morgan fingerprint density at radius 1 is 0.860 bits per heavy atom. The second-order valence-corrected chi connectivity index (χ2v) is 17.4. The molecular weight excluding hydrogens is 795 g/mol. The third-order valence-electron chi connectivity index (χ3n) is 8.74. The van der Waals surface area contributed by atoms with Crippen LogP contribution in [0.1, 0.15) is 82.5 Å². The first-order valence-electron chi connectivity index (χ1n) is 19.1. The van der Waals surface area contributed by atoms with Gasteiger partial charge in [0.15, 0.2) is 0 Å². The van der Waals surface area contributed by atoms with Gasteiger partial charge in [0.1, 0.15) is 51.7 Å². The van der Waals surface area contributed by atoms with Gasteiger partial charge in [-0.3, -0.25) is 4.55 Å². The normalized spacial score (nSPS) is 11.7. The van der Waals surface area contributed by atoms with Crippen molar-refractivity contribution in [2.75, 3.05) is 30.5 Å². The summed E-state index contributed by atoms with van der Waals surface area (Å²) in [6.45, 7) is 3.27. The van der Waals surface area contributed by atoms with Crippen molar-refractivity contribution in [3.05, 3.63) is 101 Å². The van der Waals surface area contributed by atoms with Crippen molar-refractivity contribution in [1.29, 1.82) is 0 Å². The lowest BCUT2D eigenvalue weighted by Crippen LogP contribution is -2.21. The van der Waals surface area contributed by atoms with Crippen molar-refractivity contribution in [2.24, 2.45) is 0 Å². The van der Waals surface area contributed by atoms with E-state index in [4.69, 9.17) is 25.3 Å². The van der Waals surface area contributed by atoms with Gasteiger partial charge in [0, 0.05) is 29.4 Å². The van der Waals surface area contributed by atoms with Gasteiger partial charge >= 0.3 is 10.4 Å². The van der Waals surface area contributed by atoms with Crippen molar-refractivity contribution in [1.82, 2.24) is 15.3 Å². The summed E-state index contributed by atoms with van der Waals surface area (Å²) < 4.78 is 80.8. The summed E-state index contributed by atoms with van der Waals surface area (Å²) in [5, 5.41) is 7.56. The molecule has 0 fully saturated rings. The molecule has 3 aromatic carbocycles. The Hall–Kier alpha value is -4.12. The lowest BCUT2D eigenvalue weighted by molar-refractivity contribution is 0.261. The number of hydrogen-bond donors (Lipinski definition) is 3. The van der Waals surface area contributed by atoms with E-state index in [1.165, 1.54) is 69.7 Å². The first-order valence-corrected chi connectivity index (χ1v) is 22.9. The number of aromatic nitrogens is 2. The van der Waals surface area contributed by atoms with Crippen LogP contribution in [0.25, 0.3) is 22.2 Å². The molecule has 2 aromatic heterocycles. The zero-order valence-electron chi connectivity index (χ0n) is 32.4. The Labute approximate surface area is 340 Å². The molecule has 0 saturated heterocycles. The lowest BCUT2D eigenvalue weighted by atomic mass is 10.1. The molecule has 2 heterocycles. The van der Waals surface area contributed by atoms with Crippen LogP contribution in [-0.4, -0.2) is 56.5 Å². The van der Waals surface area contributed by atoms with Gasteiger partial charge in [-0.25, -0.2) is 27.0 Å². The molecule has 12 nitrogen and oxygen atoms in total. The van der Waals surface area contributed by atoms with E-state index in [0.29, 0.717) is 58.9 Å². The maximum Gasteiger partial charge on any atom is 0.397 e. The second kappa shape index (κ2) is 23.3. The molecule has 16 heteroatoms. The lowest BCUT2D eigenvalue weighted by Gasteiger charge is -2.12. The Morgan fingerprint density at radius 3 is 2.28 bits per heavy atom. The van der Waals surface area contributed by atoms with Crippen LogP contribution in [0, 0.1) is 5.82 Å². The van der Waals surface area contributed by atoms with Crippen molar-refractivity contribution in [3.8, 4) is 17.1 Å². The first-order chi connectivity index (χ1) is 27.3. The summed E-state index contributed by atoms with van der Waals surface area (Å²) in [6, 6.07) is 21.0. The number of rotatable bonds is 23. The molecule has 5 aromatic rings. The largest absolute Gasteiger partial charge is 0.487 e. The highest BCUT2D eigenvalue weighted by atomic mass is 35.5. The van der Waals surface area contributed by atoms with Gasteiger partial charge in [-0.2, -0.15) is 8.42 Å². The van der Waals surface area contributed by atoms with Crippen LogP contribution in [-0.2, 0) is 37.6 Å². The Kier molecular flexibility index (Phi) is 18.7. The summed E-state index contributed by atoms with van der Waals surface area (Å²) in [6.07, 6.45) is 14.5. The molecule has 310 valence electrons. The fraction of sp³-hybridized carbons (Fsp3) is 0.415. The van der Waals surface area contributed by atoms with E-state index in [-0.39, 0.29) is 24.8 Å². The Morgan fingerprint density at radius 2 is 1.60 bits per heavy atom. The van der Waals surface area contributed by atoms with Crippen LogP contribution in [0.5, 0.6) is 5.75 Å². The minimum Gasteiger partial charge on any atom is -0.487 e. The molecule has 0 bridgehead atoms. The number of hydrogen-bond acceptors (Lipinski definition) is 11. The van der Waals surface area contributed by atoms with Crippen molar-refractivity contribution < 1.29 is 39.1 Å². The highest BCUT2D eigenvalue weighted by molar-refractivity contribution is 7.90. The van der Waals surface area contributed by atoms with E-state index in [2.05, 4.69) is 31.7 Å². The summed E-state index contributed by atoms with van der Waals surface area (Å²) in [5.41, 5.74) is 2.99. The van der Waals surface area contributed by atoms with Crippen molar-refractivity contribution in [2.45, 2.75) is 84.3 Å². The number of halogens is 2. The zero-order chi connectivity index (χ0) is 41.1. The third-order valence-corrected chi connectivity index (χ3v) is 10.4. The van der Waals surface area contributed by atoms with Crippen LogP contribution in [0.3, 0.4) is 0 Å².